The van der Waals surface area contributed by atoms with Crippen molar-refractivity contribution in [1.29, 1.82) is 0 Å². The zero-order chi connectivity index (χ0) is 24.4. The zero-order valence-corrected chi connectivity index (χ0v) is 23.9. The molecule has 3 heteroatoms. The van der Waals surface area contributed by atoms with Crippen molar-refractivity contribution in [2.75, 3.05) is 0 Å². The Labute approximate surface area is 212 Å². The molecule has 0 radical (unpaired) electrons. The first kappa shape index (κ1) is 28.3. The van der Waals surface area contributed by atoms with Gasteiger partial charge in [0.15, 0.2) is 5.78 Å². The van der Waals surface area contributed by atoms with Gasteiger partial charge in [0.2, 0.25) is 0 Å². The molecule has 0 amide bonds. The van der Waals surface area contributed by atoms with Gasteiger partial charge in [0.05, 0.1) is 4.88 Å². The lowest BCUT2D eigenvalue weighted by molar-refractivity contribution is 0.0951. The van der Waals surface area contributed by atoms with E-state index in [2.05, 4.69) is 65.3 Å². The molecule has 2 aromatic heterocycles. The van der Waals surface area contributed by atoms with Crippen LogP contribution in [0.25, 0.3) is 9.75 Å². The number of thiophene rings is 2. The van der Waals surface area contributed by atoms with E-state index in [4.69, 9.17) is 0 Å². The van der Waals surface area contributed by atoms with Gasteiger partial charge in [-0.05, 0) is 65.0 Å². The van der Waals surface area contributed by atoms with Crippen molar-refractivity contribution in [2.45, 2.75) is 112 Å². The largest absolute Gasteiger partial charge is 0.293 e. The third-order valence-electron chi connectivity index (χ3n) is 7.13. The van der Waals surface area contributed by atoms with Crippen molar-refractivity contribution in [3.8, 4) is 9.75 Å². The molecule has 2 unspecified atom stereocenters. The summed E-state index contributed by atoms with van der Waals surface area (Å²) in [6.45, 7) is 16.2. The van der Waals surface area contributed by atoms with Gasteiger partial charge in [-0.15, -0.1) is 22.7 Å². The molecule has 33 heavy (non-hydrogen) atoms. The number of ketones is 1. The summed E-state index contributed by atoms with van der Waals surface area (Å²) >= 11 is 3.49. The highest BCUT2D eigenvalue weighted by atomic mass is 32.1. The Kier molecular flexibility index (Phi) is 12.4. The maximum Gasteiger partial charge on any atom is 0.171 e. The molecule has 0 bridgehead atoms. The lowest BCUT2D eigenvalue weighted by Gasteiger charge is -2.23. The van der Waals surface area contributed by atoms with Gasteiger partial charge in [-0.1, -0.05) is 93.4 Å². The third kappa shape index (κ3) is 8.98. The molecule has 0 fully saturated rings. The molecule has 0 saturated carbocycles. The van der Waals surface area contributed by atoms with Crippen molar-refractivity contribution in [3.63, 3.8) is 0 Å². The van der Waals surface area contributed by atoms with Crippen LogP contribution in [-0.4, -0.2) is 5.78 Å². The molecule has 3 rings (SSSR count). The van der Waals surface area contributed by atoms with Crippen molar-refractivity contribution in [2.24, 2.45) is 23.7 Å². The molecule has 0 saturated heterocycles. The van der Waals surface area contributed by atoms with Crippen LogP contribution in [0.4, 0.5) is 0 Å². The van der Waals surface area contributed by atoms with Crippen LogP contribution >= 0.6 is 22.7 Å². The number of rotatable bonds is 12. The Hall–Kier alpha value is -0.930. The van der Waals surface area contributed by atoms with Crippen LogP contribution in [0.15, 0.2) is 22.9 Å². The summed E-state index contributed by atoms with van der Waals surface area (Å²) in [5, 5.41) is 4.20. The lowest BCUT2D eigenvalue weighted by Crippen LogP contribution is -2.17. The summed E-state index contributed by atoms with van der Waals surface area (Å²) in [6.07, 6.45) is 11.7. The van der Waals surface area contributed by atoms with Crippen LogP contribution in [0.3, 0.4) is 0 Å². The highest BCUT2D eigenvalue weighted by Gasteiger charge is 2.33. The first-order chi connectivity index (χ1) is 15.7. The highest BCUT2D eigenvalue weighted by Crippen LogP contribution is 2.47. The van der Waals surface area contributed by atoms with Gasteiger partial charge >= 0.3 is 0 Å². The van der Waals surface area contributed by atoms with Crippen LogP contribution in [0, 0.1) is 23.7 Å². The minimum Gasteiger partial charge on any atom is -0.293 e. The Bertz CT molecular complexity index is 813. The van der Waals surface area contributed by atoms with Gasteiger partial charge in [0.25, 0.3) is 0 Å². The number of fused-ring (bicyclic) bond motifs is 3. The van der Waals surface area contributed by atoms with Crippen LogP contribution < -0.4 is 0 Å². The minimum atomic E-state index is 0.0888. The van der Waals surface area contributed by atoms with E-state index in [1.54, 1.807) is 22.7 Å². The van der Waals surface area contributed by atoms with Gasteiger partial charge in [-0.2, -0.15) is 0 Å². The minimum absolute atomic E-state index is 0.0888. The molecule has 0 N–H and O–H groups in total. The number of Topliss-reactive ketones (excluding diaryl/α,β-unsaturated/α-hetero) is 1. The van der Waals surface area contributed by atoms with Gasteiger partial charge in [-0.25, -0.2) is 0 Å². The van der Waals surface area contributed by atoms with E-state index in [1.165, 1.54) is 60.3 Å². The summed E-state index contributed by atoms with van der Waals surface area (Å²) in [7, 11) is 0. The fourth-order valence-electron chi connectivity index (χ4n) is 4.62. The van der Waals surface area contributed by atoms with Crippen molar-refractivity contribution >= 4 is 28.5 Å². The van der Waals surface area contributed by atoms with Gasteiger partial charge in [0.1, 0.15) is 0 Å². The van der Waals surface area contributed by atoms with Crippen LogP contribution in [0.5, 0.6) is 0 Å². The Morgan fingerprint density at radius 3 is 1.94 bits per heavy atom. The monoisotopic (exact) mass is 488 g/mol. The fraction of sp³-hybridized carbons (Fsp3) is 0.700. The van der Waals surface area contributed by atoms with Crippen molar-refractivity contribution in [3.05, 3.63) is 34.0 Å². The molecule has 0 spiro atoms. The Balaban J connectivity index is 0.000000328. The first-order valence-electron chi connectivity index (χ1n) is 13.4. The smallest absolute Gasteiger partial charge is 0.171 e. The molecule has 186 valence electrons. The second kappa shape index (κ2) is 14.5. The SMILES string of the molecule is CC(C)CCCC(C)CC[C@H]1C(=O)c2ccsc2-c2sccc21.CCC(C)CCCC(C)C. The van der Waals surface area contributed by atoms with E-state index < -0.39 is 0 Å². The maximum atomic E-state index is 12.9. The molecular formula is C30H48OS2. The fourth-order valence-corrected chi connectivity index (χ4v) is 6.69. The van der Waals surface area contributed by atoms with Gasteiger partial charge < -0.3 is 0 Å². The number of carbonyl (C=O) groups excluding carboxylic acids is 1. The lowest BCUT2D eigenvalue weighted by atomic mass is 9.81. The van der Waals surface area contributed by atoms with Crippen molar-refractivity contribution in [1.82, 2.24) is 0 Å². The second-order valence-electron chi connectivity index (χ2n) is 11.1. The topological polar surface area (TPSA) is 17.1 Å². The van der Waals surface area contributed by atoms with E-state index in [-0.39, 0.29) is 5.92 Å². The number of carbonyl (C=O) groups is 1. The Morgan fingerprint density at radius 2 is 1.33 bits per heavy atom. The molecule has 1 aliphatic carbocycles. The molecule has 0 aromatic carbocycles. The predicted molar refractivity (Wildman–Crippen MR) is 150 cm³/mol. The number of hydrogen-bond donors (Lipinski definition) is 0. The predicted octanol–water partition coefficient (Wildman–Crippen LogP) is 10.9. The van der Waals surface area contributed by atoms with E-state index in [0.717, 1.165) is 36.2 Å². The quantitative estimate of drug-likeness (QED) is 0.290. The summed E-state index contributed by atoms with van der Waals surface area (Å²) in [6, 6.07) is 4.19. The van der Waals surface area contributed by atoms with E-state index in [1.807, 2.05) is 6.07 Å². The van der Waals surface area contributed by atoms with Crippen LogP contribution in [0.2, 0.25) is 0 Å². The average Bonchev–Trinajstić information content (AvgIpc) is 3.43. The molecule has 3 atom stereocenters. The standard InChI is InChI=1S/C20H26OS2.C10H22/c1-13(2)5-4-6-14(3)7-8-15-16-9-11-22-19(16)20-17(18(15)21)10-12-23-20;1-5-10(4)8-6-7-9(2)3/h9-15H,4-8H2,1-3H3;9-10H,5-8H2,1-4H3/t14?,15-;/m1./s1. The Morgan fingerprint density at radius 1 is 0.758 bits per heavy atom. The second-order valence-corrected chi connectivity index (χ2v) is 13.0. The molecule has 0 aliphatic heterocycles. The normalized spacial score (nSPS) is 16.9. The van der Waals surface area contributed by atoms with Crippen LogP contribution in [-0.2, 0) is 0 Å². The summed E-state index contributed by atoms with van der Waals surface area (Å²) in [5.74, 6) is 3.79. The van der Waals surface area contributed by atoms with Gasteiger partial charge in [-0.3, -0.25) is 4.79 Å². The molecule has 1 nitrogen and oxygen atoms in total. The van der Waals surface area contributed by atoms with Crippen molar-refractivity contribution < 1.29 is 4.79 Å². The molecule has 2 aromatic rings. The highest BCUT2D eigenvalue weighted by molar-refractivity contribution is 7.21. The summed E-state index contributed by atoms with van der Waals surface area (Å²) in [5.41, 5.74) is 2.24. The maximum absolute atomic E-state index is 12.9. The summed E-state index contributed by atoms with van der Waals surface area (Å²) in [4.78, 5) is 15.4. The summed E-state index contributed by atoms with van der Waals surface area (Å²) < 4.78 is 0. The van der Waals surface area contributed by atoms with Crippen LogP contribution in [0.1, 0.15) is 128 Å². The van der Waals surface area contributed by atoms with E-state index in [0.29, 0.717) is 11.7 Å². The zero-order valence-electron chi connectivity index (χ0n) is 22.3. The molecular weight excluding hydrogens is 440 g/mol. The third-order valence-corrected chi connectivity index (χ3v) is 9.14. The first-order valence-corrected chi connectivity index (χ1v) is 15.2. The molecule has 1 aliphatic rings. The van der Waals surface area contributed by atoms with E-state index >= 15 is 0 Å². The van der Waals surface area contributed by atoms with Gasteiger partial charge in [0, 0.05) is 16.4 Å². The molecule has 2 heterocycles. The number of hydrogen-bond acceptors (Lipinski definition) is 3. The average molecular weight is 489 g/mol. The van der Waals surface area contributed by atoms with E-state index in [9.17, 15) is 4.79 Å².